The van der Waals surface area contributed by atoms with Crippen LogP contribution in [-0.2, 0) is 14.8 Å². The number of hydrogen-bond acceptors (Lipinski definition) is 5. The highest BCUT2D eigenvalue weighted by Gasteiger charge is 2.53. The highest BCUT2D eigenvalue weighted by Crippen LogP contribution is 2.61. The van der Waals surface area contributed by atoms with Crippen molar-refractivity contribution < 1.29 is 13.2 Å². The van der Waals surface area contributed by atoms with E-state index in [9.17, 15) is 8.42 Å². The molecule has 0 unspecified atom stereocenters. The Morgan fingerprint density at radius 1 is 1.11 bits per heavy atom. The summed E-state index contributed by atoms with van der Waals surface area (Å²) in [7, 11) is -3.48. The largest absolute Gasteiger partial charge is 0.379 e. The van der Waals surface area contributed by atoms with Gasteiger partial charge in [0.05, 0.1) is 13.2 Å². The Morgan fingerprint density at radius 3 is 2.25 bits per heavy atom. The molecule has 0 spiro atoms. The average molecular weight is 406 g/mol. The topological polar surface area (TPSA) is 71.5 Å². The predicted octanol–water partition coefficient (Wildman–Crippen LogP) is 3.12. The van der Waals surface area contributed by atoms with E-state index in [4.69, 9.17) is 4.74 Å². The second-order valence-electron chi connectivity index (χ2n) is 9.54. The van der Waals surface area contributed by atoms with Gasteiger partial charge < -0.3 is 10.1 Å². The first-order valence-electron chi connectivity index (χ1n) is 10.8. The first kappa shape index (κ1) is 18.8. The van der Waals surface area contributed by atoms with E-state index < -0.39 is 10.0 Å². The lowest BCUT2D eigenvalue weighted by molar-refractivity contribution is -0.0603. The third kappa shape index (κ3) is 3.25. The molecule has 6 rings (SSSR count). The maximum Gasteiger partial charge on any atom is 0.244 e. The van der Waals surface area contributed by atoms with Crippen LogP contribution in [0.4, 0.5) is 5.82 Å². The van der Waals surface area contributed by atoms with E-state index in [1.807, 2.05) is 6.07 Å². The van der Waals surface area contributed by atoms with Gasteiger partial charge in [-0.15, -0.1) is 0 Å². The lowest BCUT2D eigenvalue weighted by Crippen LogP contribution is -2.53. The lowest BCUT2D eigenvalue weighted by Gasteiger charge is -2.59. The maximum absolute atomic E-state index is 12.8. The average Bonchev–Trinajstić information content (AvgIpc) is 2.68. The van der Waals surface area contributed by atoms with Gasteiger partial charge in [0, 0.05) is 25.3 Å². The summed E-state index contributed by atoms with van der Waals surface area (Å²) in [4.78, 5) is 4.73. The highest BCUT2D eigenvalue weighted by molar-refractivity contribution is 7.89. The van der Waals surface area contributed by atoms with E-state index >= 15 is 0 Å². The molecule has 1 atom stereocenters. The molecule has 6 nitrogen and oxygen atoms in total. The van der Waals surface area contributed by atoms with Crippen molar-refractivity contribution in [1.29, 1.82) is 0 Å². The number of rotatable bonds is 5. The number of hydrogen-bond donors (Lipinski definition) is 1. The van der Waals surface area contributed by atoms with E-state index in [0.717, 1.165) is 23.6 Å². The third-order valence-electron chi connectivity index (χ3n) is 7.71. The smallest absolute Gasteiger partial charge is 0.244 e. The van der Waals surface area contributed by atoms with Gasteiger partial charge in [-0.3, -0.25) is 0 Å². The molecule has 28 heavy (non-hydrogen) atoms. The minimum absolute atomic E-state index is 0.266. The van der Waals surface area contributed by atoms with E-state index in [1.165, 1.54) is 49.0 Å². The van der Waals surface area contributed by atoms with Crippen LogP contribution in [0.25, 0.3) is 0 Å². The van der Waals surface area contributed by atoms with Gasteiger partial charge in [-0.2, -0.15) is 4.31 Å². The summed E-state index contributed by atoms with van der Waals surface area (Å²) in [6.45, 7) is 4.02. The molecular weight excluding hydrogens is 374 g/mol. The molecular formula is C21H31N3O3S. The molecule has 0 aromatic carbocycles. The van der Waals surface area contributed by atoms with E-state index in [2.05, 4.69) is 17.2 Å². The molecule has 1 N–H and O–H groups in total. The maximum atomic E-state index is 12.8. The molecule has 1 aromatic heterocycles. The van der Waals surface area contributed by atoms with Crippen molar-refractivity contribution in [3.63, 3.8) is 0 Å². The standard InChI is InChI=1S/C21H31N3O3S/c1-15(21-11-16-8-17(12-21)10-18(9-16)13-21)23-20-3-2-19(14-22-20)28(25,26)24-4-6-27-7-5-24/h2-3,14-18H,4-13H2,1H3,(H,22,23)/t15-,16?,17?,18?,21?/m1/s1. The van der Waals surface area contributed by atoms with Gasteiger partial charge in [-0.05, 0) is 80.8 Å². The van der Waals surface area contributed by atoms with Crippen molar-refractivity contribution in [3.05, 3.63) is 18.3 Å². The molecule has 4 bridgehead atoms. The van der Waals surface area contributed by atoms with Crippen molar-refractivity contribution in [2.24, 2.45) is 23.2 Å². The van der Waals surface area contributed by atoms with E-state index in [1.54, 1.807) is 6.07 Å². The van der Waals surface area contributed by atoms with Gasteiger partial charge in [0.25, 0.3) is 0 Å². The molecule has 5 aliphatic rings. The minimum atomic E-state index is -3.48. The van der Waals surface area contributed by atoms with Crippen LogP contribution in [0.2, 0.25) is 0 Å². The fraction of sp³-hybridized carbons (Fsp3) is 0.762. The quantitative estimate of drug-likeness (QED) is 0.815. The lowest BCUT2D eigenvalue weighted by atomic mass is 9.48. The van der Waals surface area contributed by atoms with Crippen LogP contribution in [0.5, 0.6) is 0 Å². The van der Waals surface area contributed by atoms with Crippen LogP contribution in [-0.4, -0.2) is 50.1 Å². The van der Waals surface area contributed by atoms with Gasteiger partial charge in [0.2, 0.25) is 10.0 Å². The van der Waals surface area contributed by atoms with Gasteiger partial charge in [0.15, 0.2) is 0 Å². The Morgan fingerprint density at radius 2 is 1.71 bits per heavy atom. The van der Waals surface area contributed by atoms with Crippen molar-refractivity contribution >= 4 is 15.8 Å². The Hall–Kier alpha value is -1.18. The summed E-state index contributed by atoms with van der Waals surface area (Å²) in [5, 5.41) is 3.62. The summed E-state index contributed by atoms with van der Waals surface area (Å²) >= 11 is 0. The number of anilines is 1. The summed E-state index contributed by atoms with van der Waals surface area (Å²) in [5.74, 6) is 3.54. The first-order chi connectivity index (χ1) is 13.4. The molecule has 154 valence electrons. The van der Waals surface area contributed by atoms with Crippen molar-refractivity contribution in [1.82, 2.24) is 9.29 Å². The monoisotopic (exact) mass is 405 g/mol. The van der Waals surface area contributed by atoms with Crippen molar-refractivity contribution in [2.75, 3.05) is 31.6 Å². The number of ether oxygens (including phenoxy) is 1. The Bertz CT molecular complexity index is 783. The molecule has 7 heteroatoms. The van der Waals surface area contributed by atoms with Crippen molar-refractivity contribution in [3.8, 4) is 0 Å². The predicted molar refractivity (Wildman–Crippen MR) is 108 cm³/mol. The number of nitrogens with one attached hydrogen (secondary N) is 1. The molecule has 0 radical (unpaired) electrons. The molecule has 0 amide bonds. The number of nitrogens with zero attached hydrogens (tertiary/aromatic N) is 2. The van der Waals surface area contributed by atoms with Crippen LogP contribution >= 0.6 is 0 Å². The molecule has 1 aromatic rings. The molecule has 5 fully saturated rings. The van der Waals surface area contributed by atoms with Gasteiger partial charge in [-0.1, -0.05) is 0 Å². The van der Waals surface area contributed by atoms with Gasteiger partial charge in [-0.25, -0.2) is 13.4 Å². The van der Waals surface area contributed by atoms with Crippen LogP contribution in [0.15, 0.2) is 23.2 Å². The van der Waals surface area contributed by atoms with Crippen LogP contribution in [0, 0.1) is 23.2 Å². The number of pyridine rings is 1. The Labute approximate surface area is 168 Å². The molecule has 4 aliphatic carbocycles. The Balaban J connectivity index is 1.29. The Kier molecular flexibility index (Phi) is 4.68. The normalized spacial score (nSPS) is 36.4. The molecule has 4 saturated carbocycles. The SMILES string of the molecule is C[C@@H](Nc1ccc(S(=O)(=O)N2CCOCC2)cn1)C12CC3CC(CC(C3)C1)C2. The van der Waals surface area contributed by atoms with E-state index in [0.29, 0.717) is 37.8 Å². The zero-order valence-corrected chi connectivity index (χ0v) is 17.5. The molecule has 1 aliphatic heterocycles. The van der Waals surface area contributed by atoms with Crippen LogP contribution < -0.4 is 5.32 Å². The number of sulfonamides is 1. The summed E-state index contributed by atoms with van der Waals surface area (Å²) in [6.07, 6.45) is 9.86. The first-order valence-corrected chi connectivity index (χ1v) is 12.2. The summed E-state index contributed by atoms with van der Waals surface area (Å²) < 4.78 is 32.3. The number of aromatic nitrogens is 1. The highest BCUT2D eigenvalue weighted by atomic mass is 32.2. The van der Waals surface area contributed by atoms with Crippen LogP contribution in [0.1, 0.15) is 45.4 Å². The fourth-order valence-electron chi connectivity index (χ4n) is 6.64. The number of morpholine rings is 1. The zero-order valence-electron chi connectivity index (χ0n) is 16.6. The van der Waals surface area contributed by atoms with Gasteiger partial charge >= 0.3 is 0 Å². The fourth-order valence-corrected chi connectivity index (χ4v) is 7.99. The van der Waals surface area contributed by atoms with Crippen LogP contribution in [0.3, 0.4) is 0 Å². The summed E-state index contributed by atoms with van der Waals surface area (Å²) in [6, 6.07) is 3.88. The molecule has 1 saturated heterocycles. The second kappa shape index (κ2) is 6.96. The third-order valence-corrected chi connectivity index (χ3v) is 9.59. The molecule has 2 heterocycles. The van der Waals surface area contributed by atoms with Gasteiger partial charge in [0.1, 0.15) is 10.7 Å². The second-order valence-corrected chi connectivity index (χ2v) is 11.5. The summed E-state index contributed by atoms with van der Waals surface area (Å²) in [5.41, 5.74) is 0.398. The van der Waals surface area contributed by atoms with Crippen molar-refractivity contribution in [2.45, 2.75) is 56.4 Å². The van der Waals surface area contributed by atoms with E-state index in [-0.39, 0.29) is 4.90 Å². The zero-order chi connectivity index (χ0) is 19.4. The minimum Gasteiger partial charge on any atom is -0.379 e.